The number of alkyl halides is 1. The summed E-state index contributed by atoms with van der Waals surface area (Å²) in [5.41, 5.74) is 1.63. The van der Waals surface area contributed by atoms with Crippen molar-refractivity contribution in [2.24, 2.45) is 0 Å². The van der Waals surface area contributed by atoms with Gasteiger partial charge >= 0.3 is 0 Å². The molecular weight excluding hydrogens is 276 g/mol. The molecule has 2 saturated heterocycles. The highest BCUT2D eigenvalue weighted by Gasteiger charge is 2.36. The second-order valence-electron chi connectivity index (χ2n) is 5.36. The van der Waals surface area contributed by atoms with Gasteiger partial charge in [0.15, 0.2) is 0 Å². The molecule has 1 aromatic carbocycles. The molecule has 2 heterocycles. The van der Waals surface area contributed by atoms with E-state index in [0.29, 0.717) is 37.5 Å². The second kappa shape index (κ2) is 5.44. The smallest absolute Gasteiger partial charge is 0.253 e. The van der Waals surface area contributed by atoms with E-state index in [9.17, 15) is 9.59 Å². The lowest BCUT2D eigenvalue weighted by molar-refractivity contribution is -0.130. The number of benzene rings is 1. The molecule has 1 unspecified atom stereocenters. The lowest BCUT2D eigenvalue weighted by Crippen LogP contribution is -2.53. The molecule has 3 rings (SSSR count). The summed E-state index contributed by atoms with van der Waals surface area (Å²) in [7, 11) is 0. The van der Waals surface area contributed by atoms with Gasteiger partial charge in [-0.15, -0.1) is 11.6 Å². The maximum Gasteiger partial charge on any atom is 0.253 e. The number of piperazine rings is 1. The Morgan fingerprint density at radius 3 is 3.00 bits per heavy atom. The van der Waals surface area contributed by atoms with Crippen molar-refractivity contribution >= 4 is 23.4 Å². The zero-order chi connectivity index (χ0) is 14.1. The van der Waals surface area contributed by atoms with E-state index in [1.165, 1.54) is 0 Å². The van der Waals surface area contributed by atoms with E-state index in [1.54, 1.807) is 0 Å². The standard InChI is InChI=1S/C15H17ClN2O2/c16-9-11-2-1-3-12(8-11)15(20)17-6-7-18-13(10-17)4-5-14(18)19/h1-3,8,13H,4-7,9-10H2. The molecule has 0 spiro atoms. The van der Waals surface area contributed by atoms with Crippen LogP contribution in [0.25, 0.3) is 0 Å². The van der Waals surface area contributed by atoms with E-state index in [1.807, 2.05) is 34.1 Å². The van der Waals surface area contributed by atoms with Gasteiger partial charge in [0.2, 0.25) is 5.91 Å². The highest BCUT2D eigenvalue weighted by Crippen LogP contribution is 2.24. The minimum Gasteiger partial charge on any atom is -0.336 e. The molecule has 106 valence electrons. The van der Waals surface area contributed by atoms with Gasteiger partial charge in [-0.05, 0) is 24.1 Å². The molecule has 0 aliphatic carbocycles. The van der Waals surface area contributed by atoms with Gasteiger partial charge < -0.3 is 9.80 Å². The first-order valence-electron chi connectivity index (χ1n) is 6.92. The Balaban J connectivity index is 1.73. The van der Waals surface area contributed by atoms with Crippen molar-refractivity contribution in [2.75, 3.05) is 19.6 Å². The van der Waals surface area contributed by atoms with E-state index in [4.69, 9.17) is 11.6 Å². The first-order valence-corrected chi connectivity index (χ1v) is 7.46. The average Bonchev–Trinajstić information content (AvgIpc) is 2.87. The fourth-order valence-corrected chi connectivity index (χ4v) is 3.19. The molecule has 0 saturated carbocycles. The van der Waals surface area contributed by atoms with Gasteiger partial charge in [-0.1, -0.05) is 12.1 Å². The van der Waals surface area contributed by atoms with Gasteiger partial charge in [-0.25, -0.2) is 0 Å². The van der Waals surface area contributed by atoms with E-state index in [-0.39, 0.29) is 17.9 Å². The van der Waals surface area contributed by atoms with Crippen molar-refractivity contribution < 1.29 is 9.59 Å². The van der Waals surface area contributed by atoms with Gasteiger partial charge in [0.05, 0.1) is 0 Å². The summed E-state index contributed by atoms with van der Waals surface area (Å²) in [4.78, 5) is 27.9. The average molecular weight is 293 g/mol. The molecule has 1 atom stereocenters. The van der Waals surface area contributed by atoms with Crippen LogP contribution < -0.4 is 0 Å². The predicted octanol–water partition coefficient (Wildman–Crippen LogP) is 1.87. The minimum atomic E-state index is 0.0379. The van der Waals surface area contributed by atoms with E-state index < -0.39 is 0 Å². The molecule has 2 aliphatic rings. The largest absolute Gasteiger partial charge is 0.336 e. The molecule has 0 bridgehead atoms. The highest BCUT2D eigenvalue weighted by molar-refractivity contribution is 6.17. The Labute approximate surface area is 123 Å². The number of rotatable bonds is 2. The molecule has 0 N–H and O–H groups in total. The summed E-state index contributed by atoms with van der Waals surface area (Å²) in [6, 6.07) is 7.65. The number of carbonyl (C=O) groups excluding carboxylic acids is 2. The van der Waals surface area contributed by atoms with Crippen molar-refractivity contribution in [1.82, 2.24) is 9.80 Å². The van der Waals surface area contributed by atoms with E-state index in [0.717, 1.165) is 12.0 Å². The third-order valence-electron chi connectivity index (χ3n) is 4.11. The van der Waals surface area contributed by atoms with E-state index >= 15 is 0 Å². The fraction of sp³-hybridized carbons (Fsp3) is 0.467. The van der Waals surface area contributed by atoms with Crippen molar-refractivity contribution in [3.63, 3.8) is 0 Å². The van der Waals surface area contributed by atoms with Crippen LogP contribution in [0.4, 0.5) is 0 Å². The van der Waals surface area contributed by atoms with E-state index in [2.05, 4.69) is 0 Å². The number of fused-ring (bicyclic) bond motifs is 1. The minimum absolute atomic E-state index is 0.0379. The molecule has 2 amide bonds. The summed E-state index contributed by atoms with van der Waals surface area (Å²) < 4.78 is 0. The Hall–Kier alpha value is -1.55. The lowest BCUT2D eigenvalue weighted by Gasteiger charge is -2.37. The predicted molar refractivity (Wildman–Crippen MR) is 76.6 cm³/mol. The van der Waals surface area contributed by atoms with Gasteiger partial charge in [-0.3, -0.25) is 9.59 Å². The van der Waals surface area contributed by atoms with Crippen molar-refractivity contribution in [3.8, 4) is 0 Å². The van der Waals surface area contributed by atoms with Crippen LogP contribution in [0, 0.1) is 0 Å². The number of hydrogen-bond donors (Lipinski definition) is 0. The Kier molecular flexibility index (Phi) is 3.66. The number of amides is 2. The summed E-state index contributed by atoms with van der Waals surface area (Å²) >= 11 is 5.81. The number of halogens is 1. The molecule has 2 fully saturated rings. The Morgan fingerprint density at radius 2 is 2.20 bits per heavy atom. The van der Waals surface area contributed by atoms with Crippen molar-refractivity contribution in [2.45, 2.75) is 24.8 Å². The van der Waals surface area contributed by atoms with Crippen LogP contribution in [-0.4, -0.2) is 47.3 Å². The molecule has 5 heteroatoms. The second-order valence-corrected chi connectivity index (χ2v) is 5.63. The Bertz CT molecular complexity index is 546. The number of carbonyl (C=O) groups is 2. The van der Waals surface area contributed by atoms with Crippen molar-refractivity contribution in [1.29, 1.82) is 0 Å². The quantitative estimate of drug-likeness (QED) is 0.781. The first-order chi connectivity index (χ1) is 9.69. The molecular formula is C15H17ClN2O2. The topological polar surface area (TPSA) is 40.6 Å². The maximum atomic E-state index is 12.5. The van der Waals surface area contributed by atoms with Crippen LogP contribution in [-0.2, 0) is 10.7 Å². The third kappa shape index (κ3) is 2.40. The monoisotopic (exact) mass is 292 g/mol. The van der Waals surface area contributed by atoms with Gasteiger partial charge in [0, 0.05) is 43.5 Å². The summed E-state index contributed by atoms with van der Waals surface area (Å²) in [5.74, 6) is 0.675. The van der Waals surface area contributed by atoms with Crippen LogP contribution in [0.15, 0.2) is 24.3 Å². The summed E-state index contributed by atoms with van der Waals surface area (Å²) in [5, 5.41) is 0. The molecule has 20 heavy (non-hydrogen) atoms. The highest BCUT2D eigenvalue weighted by atomic mass is 35.5. The molecule has 0 radical (unpaired) electrons. The molecule has 0 aromatic heterocycles. The van der Waals surface area contributed by atoms with Crippen LogP contribution in [0.2, 0.25) is 0 Å². The van der Waals surface area contributed by atoms with Crippen LogP contribution in [0.3, 0.4) is 0 Å². The first kappa shape index (κ1) is 13.4. The van der Waals surface area contributed by atoms with Crippen LogP contribution in [0.5, 0.6) is 0 Å². The summed E-state index contributed by atoms with van der Waals surface area (Å²) in [6.07, 6.45) is 1.48. The van der Waals surface area contributed by atoms with Gasteiger partial charge in [0.25, 0.3) is 5.91 Å². The summed E-state index contributed by atoms with van der Waals surface area (Å²) in [6.45, 7) is 1.92. The normalized spacial score (nSPS) is 22.1. The van der Waals surface area contributed by atoms with Crippen LogP contribution in [0.1, 0.15) is 28.8 Å². The lowest BCUT2D eigenvalue weighted by atomic mass is 10.1. The number of hydrogen-bond acceptors (Lipinski definition) is 2. The zero-order valence-electron chi connectivity index (χ0n) is 11.2. The van der Waals surface area contributed by atoms with Gasteiger partial charge in [0.1, 0.15) is 0 Å². The zero-order valence-corrected chi connectivity index (χ0v) is 12.0. The SMILES string of the molecule is O=C(c1cccc(CCl)c1)N1CCN2C(=O)CCC2C1. The Morgan fingerprint density at radius 1 is 1.35 bits per heavy atom. The maximum absolute atomic E-state index is 12.5. The third-order valence-corrected chi connectivity index (χ3v) is 4.42. The molecule has 2 aliphatic heterocycles. The van der Waals surface area contributed by atoms with Crippen LogP contribution >= 0.6 is 11.6 Å². The molecule has 4 nitrogen and oxygen atoms in total. The van der Waals surface area contributed by atoms with Crippen molar-refractivity contribution in [3.05, 3.63) is 35.4 Å². The number of nitrogens with zero attached hydrogens (tertiary/aromatic N) is 2. The van der Waals surface area contributed by atoms with Gasteiger partial charge in [-0.2, -0.15) is 0 Å². The molecule has 1 aromatic rings. The fourth-order valence-electron chi connectivity index (χ4n) is 3.02.